The lowest BCUT2D eigenvalue weighted by molar-refractivity contribution is 0.317. The number of oxime groups is 1. The van der Waals surface area contributed by atoms with Crippen LogP contribution in [0, 0.1) is 0 Å². The molecule has 1 heterocycles. The summed E-state index contributed by atoms with van der Waals surface area (Å²) in [5, 5.41) is 12.4. The minimum absolute atomic E-state index is 0.175. The number of hydrogen-bond donors (Lipinski definition) is 2. The van der Waals surface area contributed by atoms with Crippen LogP contribution in [0.4, 0.5) is 5.82 Å². The molecular weight excluding hydrogens is 263 g/mol. The lowest BCUT2D eigenvalue weighted by atomic mass is 10.3. The van der Waals surface area contributed by atoms with E-state index in [2.05, 4.69) is 10.1 Å². The van der Waals surface area contributed by atoms with Crippen molar-refractivity contribution >= 4 is 34.9 Å². The molecule has 0 aromatic carbocycles. The summed E-state index contributed by atoms with van der Waals surface area (Å²) in [6.45, 7) is 3.26. The fraction of sp³-hybridized carbons (Fsp3) is 0.400. The number of anilines is 1. The van der Waals surface area contributed by atoms with E-state index in [1.165, 1.54) is 6.20 Å². The zero-order chi connectivity index (χ0) is 12.8. The number of nitrogens with zero attached hydrogens (tertiary/aromatic N) is 3. The van der Waals surface area contributed by atoms with Crippen LogP contribution in [0.2, 0.25) is 10.0 Å². The van der Waals surface area contributed by atoms with Crippen LogP contribution in [-0.4, -0.2) is 29.1 Å². The van der Waals surface area contributed by atoms with Crippen LogP contribution in [0.5, 0.6) is 0 Å². The van der Waals surface area contributed by atoms with Crippen molar-refractivity contribution in [1.82, 2.24) is 4.98 Å². The van der Waals surface area contributed by atoms with E-state index in [1.807, 2.05) is 11.8 Å². The summed E-state index contributed by atoms with van der Waals surface area (Å²) in [4.78, 5) is 6.10. The maximum absolute atomic E-state index is 8.47. The number of amidine groups is 1. The fourth-order valence-corrected chi connectivity index (χ4v) is 1.85. The summed E-state index contributed by atoms with van der Waals surface area (Å²) in [5.74, 6) is 0.817. The van der Waals surface area contributed by atoms with E-state index >= 15 is 0 Å². The van der Waals surface area contributed by atoms with Gasteiger partial charge in [-0.05, 0) is 13.0 Å². The first-order valence-corrected chi connectivity index (χ1v) is 5.86. The Balaban J connectivity index is 2.79. The Morgan fingerprint density at radius 3 is 2.82 bits per heavy atom. The monoisotopic (exact) mass is 276 g/mol. The second-order valence-electron chi connectivity index (χ2n) is 3.38. The van der Waals surface area contributed by atoms with Crippen LogP contribution < -0.4 is 10.6 Å². The molecule has 0 saturated heterocycles. The van der Waals surface area contributed by atoms with Gasteiger partial charge in [0.05, 0.1) is 10.0 Å². The van der Waals surface area contributed by atoms with Crippen molar-refractivity contribution in [2.24, 2.45) is 10.9 Å². The quantitative estimate of drug-likeness (QED) is 0.375. The molecular formula is C10H14Cl2N4O. The van der Waals surface area contributed by atoms with E-state index in [0.29, 0.717) is 35.4 Å². The lowest BCUT2D eigenvalue weighted by Gasteiger charge is -2.22. The molecule has 0 amide bonds. The van der Waals surface area contributed by atoms with Gasteiger partial charge < -0.3 is 15.8 Å². The van der Waals surface area contributed by atoms with Crippen LogP contribution in [0.25, 0.3) is 0 Å². The van der Waals surface area contributed by atoms with E-state index in [0.717, 1.165) is 0 Å². The molecule has 0 fully saturated rings. The minimum Gasteiger partial charge on any atom is -0.409 e. The lowest BCUT2D eigenvalue weighted by Crippen LogP contribution is -2.28. The largest absolute Gasteiger partial charge is 0.409 e. The molecule has 94 valence electrons. The van der Waals surface area contributed by atoms with E-state index in [-0.39, 0.29) is 5.84 Å². The standard InChI is InChI=1S/C10H14Cl2N4O/c1-2-16(4-3-9(13)15-17)10-8(12)5-7(11)6-14-10/h5-6,17H,2-4H2,1H3,(H2,13,15). The normalized spacial score (nSPS) is 11.6. The van der Waals surface area contributed by atoms with Crippen LogP contribution in [0.3, 0.4) is 0 Å². The van der Waals surface area contributed by atoms with Crippen LogP contribution >= 0.6 is 23.2 Å². The molecule has 5 nitrogen and oxygen atoms in total. The molecule has 0 atom stereocenters. The molecule has 0 unspecified atom stereocenters. The van der Waals surface area contributed by atoms with Crippen molar-refractivity contribution < 1.29 is 5.21 Å². The second kappa shape index (κ2) is 6.51. The van der Waals surface area contributed by atoms with Gasteiger partial charge in [0.25, 0.3) is 0 Å². The molecule has 1 aromatic heterocycles. The maximum atomic E-state index is 8.47. The minimum atomic E-state index is 0.175. The summed E-state index contributed by atoms with van der Waals surface area (Å²) < 4.78 is 0. The predicted molar refractivity (Wildman–Crippen MR) is 70.2 cm³/mol. The van der Waals surface area contributed by atoms with Crippen LogP contribution in [-0.2, 0) is 0 Å². The topological polar surface area (TPSA) is 74.7 Å². The average molecular weight is 277 g/mol. The van der Waals surface area contributed by atoms with Gasteiger partial charge >= 0.3 is 0 Å². The van der Waals surface area contributed by atoms with Gasteiger partial charge in [0.2, 0.25) is 0 Å². The number of aromatic nitrogens is 1. The molecule has 0 bridgehead atoms. The molecule has 0 aliphatic heterocycles. The molecule has 0 radical (unpaired) electrons. The van der Waals surface area contributed by atoms with Crippen molar-refractivity contribution in [1.29, 1.82) is 0 Å². The van der Waals surface area contributed by atoms with Gasteiger partial charge in [-0.1, -0.05) is 28.4 Å². The Bertz CT molecular complexity index is 411. The van der Waals surface area contributed by atoms with Gasteiger partial charge in [-0.3, -0.25) is 0 Å². The maximum Gasteiger partial charge on any atom is 0.147 e. The first kappa shape index (κ1) is 13.9. The smallest absolute Gasteiger partial charge is 0.147 e. The molecule has 7 heteroatoms. The summed E-state index contributed by atoms with van der Waals surface area (Å²) in [5.41, 5.74) is 5.42. The zero-order valence-electron chi connectivity index (χ0n) is 9.40. The Labute approximate surface area is 110 Å². The Kier molecular flexibility index (Phi) is 5.31. The van der Waals surface area contributed by atoms with Gasteiger partial charge in [0.1, 0.15) is 11.7 Å². The van der Waals surface area contributed by atoms with Gasteiger partial charge in [0, 0.05) is 25.7 Å². The average Bonchev–Trinajstić information content (AvgIpc) is 2.31. The fourth-order valence-electron chi connectivity index (χ4n) is 1.35. The first-order chi connectivity index (χ1) is 8.08. The van der Waals surface area contributed by atoms with Gasteiger partial charge in [-0.2, -0.15) is 0 Å². The van der Waals surface area contributed by atoms with Gasteiger partial charge in [-0.25, -0.2) is 4.98 Å². The summed E-state index contributed by atoms with van der Waals surface area (Å²) in [6, 6.07) is 1.64. The third kappa shape index (κ3) is 3.94. The summed E-state index contributed by atoms with van der Waals surface area (Å²) in [6.07, 6.45) is 1.97. The predicted octanol–water partition coefficient (Wildman–Crippen LogP) is 2.35. The third-order valence-electron chi connectivity index (χ3n) is 2.24. The second-order valence-corrected chi connectivity index (χ2v) is 4.22. The van der Waals surface area contributed by atoms with Crippen molar-refractivity contribution in [3.63, 3.8) is 0 Å². The molecule has 17 heavy (non-hydrogen) atoms. The Morgan fingerprint density at radius 1 is 1.59 bits per heavy atom. The molecule has 0 spiro atoms. The zero-order valence-corrected chi connectivity index (χ0v) is 10.9. The SMILES string of the molecule is CCN(CCC(N)=NO)c1ncc(Cl)cc1Cl. The molecule has 0 aliphatic rings. The number of rotatable bonds is 5. The van der Waals surface area contributed by atoms with Gasteiger partial charge in [0.15, 0.2) is 0 Å². The van der Waals surface area contributed by atoms with Crippen molar-refractivity contribution in [2.75, 3.05) is 18.0 Å². The first-order valence-electron chi connectivity index (χ1n) is 5.10. The molecule has 0 saturated carbocycles. The van der Waals surface area contributed by atoms with E-state index in [9.17, 15) is 0 Å². The third-order valence-corrected chi connectivity index (χ3v) is 2.72. The van der Waals surface area contributed by atoms with Crippen molar-refractivity contribution in [3.8, 4) is 0 Å². The Hall–Kier alpha value is -1.20. The number of pyridine rings is 1. The molecule has 1 aromatic rings. The molecule has 0 aliphatic carbocycles. The highest BCUT2D eigenvalue weighted by Crippen LogP contribution is 2.25. The summed E-state index contributed by atoms with van der Waals surface area (Å²) in [7, 11) is 0. The van der Waals surface area contributed by atoms with E-state index in [1.54, 1.807) is 6.07 Å². The Morgan fingerprint density at radius 2 is 2.29 bits per heavy atom. The number of halogens is 2. The highest BCUT2D eigenvalue weighted by atomic mass is 35.5. The highest BCUT2D eigenvalue weighted by molar-refractivity contribution is 6.36. The van der Waals surface area contributed by atoms with Crippen LogP contribution in [0.1, 0.15) is 13.3 Å². The van der Waals surface area contributed by atoms with Crippen LogP contribution in [0.15, 0.2) is 17.4 Å². The highest BCUT2D eigenvalue weighted by Gasteiger charge is 2.11. The van der Waals surface area contributed by atoms with Crippen molar-refractivity contribution in [2.45, 2.75) is 13.3 Å². The van der Waals surface area contributed by atoms with Crippen molar-refractivity contribution in [3.05, 3.63) is 22.3 Å². The molecule has 1 rings (SSSR count). The molecule has 3 N–H and O–H groups in total. The van der Waals surface area contributed by atoms with E-state index < -0.39 is 0 Å². The van der Waals surface area contributed by atoms with E-state index in [4.69, 9.17) is 34.1 Å². The number of nitrogens with two attached hydrogens (primary N) is 1. The van der Waals surface area contributed by atoms with Gasteiger partial charge in [-0.15, -0.1) is 0 Å². The number of hydrogen-bond acceptors (Lipinski definition) is 4. The summed E-state index contributed by atoms with van der Waals surface area (Å²) >= 11 is 11.8.